The Morgan fingerprint density at radius 2 is 1.93 bits per heavy atom. The van der Waals surface area contributed by atoms with Crippen LogP contribution in [0.3, 0.4) is 0 Å². The number of aromatic hydroxyl groups is 1. The van der Waals surface area contributed by atoms with Crippen molar-refractivity contribution in [2.75, 3.05) is 16.0 Å². The Labute approximate surface area is 256 Å². The molecule has 43 heavy (non-hydrogen) atoms. The molecule has 3 aliphatic heterocycles. The first-order valence-electron chi connectivity index (χ1n) is 14.1. The largest absolute Gasteiger partial charge is 0.506 e. The molecule has 3 aromatic rings. The van der Waals surface area contributed by atoms with Crippen molar-refractivity contribution in [1.29, 1.82) is 0 Å². The van der Waals surface area contributed by atoms with E-state index in [4.69, 9.17) is 16.3 Å². The molecule has 6 rings (SSSR count). The number of para-hydroxylation sites is 1. The summed E-state index contributed by atoms with van der Waals surface area (Å²) < 4.78 is 34.3. The Hall–Kier alpha value is -4.08. The van der Waals surface area contributed by atoms with E-state index in [0.717, 1.165) is 5.56 Å². The van der Waals surface area contributed by atoms with E-state index in [-0.39, 0.29) is 27.1 Å². The number of phenols is 1. The first-order chi connectivity index (χ1) is 20.5. The van der Waals surface area contributed by atoms with Crippen LogP contribution in [0.2, 0.25) is 5.02 Å². The van der Waals surface area contributed by atoms with Crippen molar-refractivity contribution in [2.24, 2.45) is 10.4 Å². The standard InChI is InChI=1S/C33H32ClN3O5S/c1-33(2)18-25-31(43(40,41)20-33)30(22-14-15-28(23(34)17-22)42-19-21-9-4-3-5-10-21)37(32(39)24-11-6-7-16-35-24)26-12-8-13-27(38)29(26)36-25/h3-10,12-17,24,30,36,38H,11,18-20H2,1-2H3. The molecule has 2 atom stereocenters. The third-order valence-electron chi connectivity index (χ3n) is 7.81. The van der Waals surface area contributed by atoms with Gasteiger partial charge in [0.15, 0.2) is 9.84 Å². The molecule has 2 unspecified atom stereocenters. The van der Waals surface area contributed by atoms with Crippen LogP contribution in [0, 0.1) is 5.41 Å². The van der Waals surface area contributed by atoms with Gasteiger partial charge >= 0.3 is 0 Å². The molecule has 0 spiro atoms. The zero-order chi connectivity index (χ0) is 30.4. The highest BCUT2D eigenvalue weighted by Gasteiger charge is 2.48. The van der Waals surface area contributed by atoms with Crippen LogP contribution in [0.4, 0.5) is 11.4 Å². The molecule has 0 aromatic heterocycles. The highest BCUT2D eigenvalue weighted by atomic mass is 35.5. The normalized spacial score (nSPS) is 21.8. The summed E-state index contributed by atoms with van der Waals surface area (Å²) in [5, 5.41) is 14.5. The second-order valence-corrected chi connectivity index (χ2v) is 14.2. The zero-order valence-electron chi connectivity index (χ0n) is 23.8. The maximum atomic E-state index is 14.4. The zero-order valence-corrected chi connectivity index (χ0v) is 25.4. The minimum Gasteiger partial charge on any atom is -0.506 e. The van der Waals surface area contributed by atoms with E-state index >= 15 is 0 Å². The number of halogens is 1. The van der Waals surface area contributed by atoms with E-state index in [1.54, 1.807) is 42.6 Å². The fourth-order valence-electron chi connectivity index (χ4n) is 6.00. The lowest BCUT2D eigenvalue weighted by Gasteiger charge is -2.38. The molecule has 8 nitrogen and oxygen atoms in total. The fraction of sp³-hybridized carbons (Fsp3) is 0.273. The Morgan fingerprint density at radius 1 is 1.14 bits per heavy atom. The first kappa shape index (κ1) is 29.0. The lowest BCUT2D eigenvalue weighted by molar-refractivity contribution is -0.120. The topological polar surface area (TPSA) is 108 Å². The molecule has 0 fully saturated rings. The van der Waals surface area contributed by atoms with Crippen LogP contribution in [0.15, 0.2) is 94.5 Å². The predicted molar refractivity (Wildman–Crippen MR) is 169 cm³/mol. The number of benzene rings is 3. The molecule has 222 valence electrons. The number of fused-ring (bicyclic) bond motifs is 1. The Balaban J connectivity index is 1.53. The average molecular weight is 618 g/mol. The van der Waals surface area contributed by atoms with Crippen LogP contribution < -0.4 is 15.0 Å². The summed E-state index contributed by atoms with van der Waals surface area (Å²) in [6, 6.07) is 17.8. The van der Waals surface area contributed by atoms with Gasteiger partial charge in [0.05, 0.1) is 27.4 Å². The highest BCUT2D eigenvalue weighted by Crippen LogP contribution is 2.52. The van der Waals surface area contributed by atoms with Crippen LogP contribution in [0.1, 0.15) is 43.9 Å². The van der Waals surface area contributed by atoms with Crippen molar-refractivity contribution in [1.82, 2.24) is 0 Å². The van der Waals surface area contributed by atoms with E-state index < -0.39 is 33.2 Å². The number of aliphatic imine (C=N–C) groups is 1. The van der Waals surface area contributed by atoms with E-state index in [1.165, 1.54) is 11.0 Å². The molecule has 0 bridgehead atoms. The summed E-state index contributed by atoms with van der Waals surface area (Å²) >= 11 is 6.77. The van der Waals surface area contributed by atoms with E-state index in [2.05, 4.69) is 10.3 Å². The van der Waals surface area contributed by atoms with Gasteiger partial charge < -0.3 is 15.2 Å². The number of ether oxygens (including phenoxy) is 1. The van der Waals surface area contributed by atoms with E-state index in [1.807, 2.05) is 50.3 Å². The number of carbonyl (C=O) groups is 1. The summed E-state index contributed by atoms with van der Waals surface area (Å²) in [6.45, 7) is 4.09. The van der Waals surface area contributed by atoms with Crippen LogP contribution >= 0.6 is 11.6 Å². The fourth-order valence-corrected chi connectivity index (χ4v) is 8.61. The number of hydrogen-bond donors (Lipinski definition) is 2. The van der Waals surface area contributed by atoms with Gasteiger partial charge in [-0.15, -0.1) is 0 Å². The SMILES string of the molecule is CC1(C)CC2=C(C(c3ccc(OCc4ccccc4)c(Cl)c3)N(C(=O)C3CC=CC=N3)c3cccc(O)c3N2)S(=O)(=O)C1. The molecule has 10 heteroatoms. The molecule has 1 amide bonds. The summed E-state index contributed by atoms with van der Waals surface area (Å²) in [5.74, 6) is -0.162. The van der Waals surface area contributed by atoms with Gasteiger partial charge in [-0.25, -0.2) is 8.42 Å². The number of sulfone groups is 1. The summed E-state index contributed by atoms with van der Waals surface area (Å²) in [4.78, 5) is 20.3. The Kier molecular flexibility index (Phi) is 7.56. The smallest absolute Gasteiger partial charge is 0.253 e. The second-order valence-electron chi connectivity index (χ2n) is 11.8. The minimum atomic E-state index is -3.89. The van der Waals surface area contributed by atoms with Gasteiger partial charge in [0, 0.05) is 11.9 Å². The molecule has 0 saturated carbocycles. The van der Waals surface area contributed by atoms with Gasteiger partial charge in [-0.1, -0.05) is 74.0 Å². The predicted octanol–water partition coefficient (Wildman–Crippen LogP) is 6.58. The van der Waals surface area contributed by atoms with Crippen molar-refractivity contribution >= 4 is 44.9 Å². The molecule has 0 aliphatic carbocycles. The summed E-state index contributed by atoms with van der Waals surface area (Å²) in [6.07, 6.45) is 5.95. The van der Waals surface area contributed by atoms with Gasteiger partial charge in [-0.3, -0.25) is 14.7 Å². The van der Waals surface area contributed by atoms with Gasteiger partial charge in [-0.2, -0.15) is 0 Å². The quantitative estimate of drug-likeness (QED) is 0.313. The number of phenolic OH excluding ortho intramolecular Hbond substituents is 1. The lowest BCUT2D eigenvalue weighted by Crippen LogP contribution is -2.44. The molecular weight excluding hydrogens is 586 g/mol. The van der Waals surface area contributed by atoms with E-state index in [0.29, 0.717) is 42.1 Å². The third-order valence-corrected chi connectivity index (χ3v) is 10.4. The van der Waals surface area contributed by atoms with Crippen molar-refractivity contribution in [2.45, 2.75) is 45.4 Å². The van der Waals surface area contributed by atoms with Crippen LogP contribution in [0.5, 0.6) is 11.5 Å². The van der Waals surface area contributed by atoms with Gasteiger partial charge in [-0.05, 0) is 59.7 Å². The molecule has 3 heterocycles. The molecule has 2 N–H and O–H groups in total. The number of nitrogens with one attached hydrogen (secondary N) is 1. The molecule has 3 aliphatic rings. The van der Waals surface area contributed by atoms with E-state index in [9.17, 15) is 18.3 Å². The Bertz CT molecular complexity index is 1780. The number of carbonyl (C=O) groups excluding carboxylic acids is 1. The van der Waals surface area contributed by atoms with Crippen molar-refractivity contribution in [3.63, 3.8) is 0 Å². The number of allylic oxidation sites excluding steroid dienone is 2. The first-order valence-corrected chi connectivity index (χ1v) is 16.1. The maximum absolute atomic E-state index is 14.4. The van der Waals surface area contributed by atoms with Crippen molar-refractivity contribution in [3.8, 4) is 11.5 Å². The van der Waals surface area contributed by atoms with Crippen molar-refractivity contribution < 1.29 is 23.1 Å². The maximum Gasteiger partial charge on any atom is 0.253 e. The monoisotopic (exact) mass is 617 g/mol. The number of anilines is 2. The highest BCUT2D eigenvalue weighted by molar-refractivity contribution is 7.95. The number of hydrogen-bond acceptors (Lipinski definition) is 7. The van der Waals surface area contributed by atoms with Crippen LogP contribution in [0.25, 0.3) is 0 Å². The molecular formula is C33H32ClN3O5S. The Morgan fingerprint density at radius 3 is 2.65 bits per heavy atom. The third kappa shape index (κ3) is 5.67. The average Bonchev–Trinajstić information content (AvgIpc) is 3.12. The summed E-state index contributed by atoms with van der Waals surface area (Å²) in [7, 11) is -3.89. The molecule has 0 radical (unpaired) electrons. The van der Waals surface area contributed by atoms with Gasteiger partial charge in [0.2, 0.25) is 0 Å². The molecule has 3 aromatic carbocycles. The van der Waals surface area contributed by atoms with Gasteiger partial charge in [0.25, 0.3) is 5.91 Å². The molecule has 0 saturated heterocycles. The van der Waals surface area contributed by atoms with Crippen LogP contribution in [-0.2, 0) is 21.2 Å². The van der Waals surface area contributed by atoms with Gasteiger partial charge in [0.1, 0.15) is 29.8 Å². The number of nitrogens with zero attached hydrogens (tertiary/aromatic N) is 2. The number of rotatable bonds is 5. The number of amides is 1. The summed E-state index contributed by atoms with van der Waals surface area (Å²) in [5.41, 5.74) is 1.94. The van der Waals surface area contributed by atoms with Crippen LogP contribution in [-0.4, -0.2) is 37.4 Å². The number of dihydropyridines is 1. The van der Waals surface area contributed by atoms with Crippen molar-refractivity contribution in [3.05, 3.63) is 106 Å². The minimum absolute atomic E-state index is 0.0835. The second kappa shape index (κ2) is 11.2. The lowest BCUT2D eigenvalue weighted by atomic mass is 9.88.